The highest BCUT2D eigenvalue weighted by atomic mass is 35.5. The van der Waals surface area contributed by atoms with Gasteiger partial charge in [-0.3, -0.25) is 4.90 Å². The number of hydrogen-bond donors (Lipinski definition) is 0. The van der Waals surface area contributed by atoms with Crippen molar-refractivity contribution in [1.82, 2.24) is 19.9 Å². The summed E-state index contributed by atoms with van der Waals surface area (Å²) in [7, 11) is 0. The second-order valence-electron chi connectivity index (χ2n) is 8.27. The van der Waals surface area contributed by atoms with E-state index in [9.17, 15) is 0 Å². The number of rotatable bonds is 7. The van der Waals surface area contributed by atoms with Crippen LogP contribution in [-0.2, 0) is 13.2 Å². The van der Waals surface area contributed by atoms with Crippen LogP contribution in [0.4, 0.5) is 0 Å². The molecule has 0 aliphatic carbocycles. The van der Waals surface area contributed by atoms with E-state index in [1.54, 1.807) is 6.07 Å². The molecule has 5 rings (SSSR count). The van der Waals surface area contributed by atoms with Crippen LogP contribution >= 0.6 is 23.2 Å². The Morgan fingerprint density at radius 3 is 2.64 bits per heavy atom. The highest BCUT2D eigenvalue weighted by Gasteiger charge is 2.25. The maximum Gasteiger partial charge on any atom is 0.129 e. The molecular formula is C26H24Cl2N4O. The lowest BCUT2D eigenvalue weighted by Gasteiger charge is -2.16. The summed E-state index contributed by atoms with van der Waals surface area (Å²) in [6.45, 7) is 3.32. The summed E-state index contributed by atoms with van der Waals surface area (Å²) in [6.07, 6.45) is 3.08. The van der Waals surface area contributed by atoms with Gasteiger partial charge in [-0.1, -0.05) is 76.9 Å². The molecule has 1 atom stereocenters. The number of para-hydroxylation sites is 1. The molecule has 0 radical (unpaired) electrons. The van der Waals surface area contributed by atoms with E-state index in [0.717, 1.165) is 48.6 Å². The van der Waals surface area contributed by atoms with E-state index in [2.05, 4.69) is 45.5 Å². The molecule has 1 saturated heterocycles. The van der Waals surface area contributed by atoms with Crippen molar-refractivity contribution in [2.75, 3.05) is 13.1 Å². The van der Waals surface area contributed by atoms with Gasteiger partial charge in [0.2, 0.25) is 0 Å². The van der Waals surface area contributed by atoms with Crippen molar-refractivity contribution in [3.8, 4) is 17.0 Å². The number of hydrogen-bond acceptors (Lipinski definition) is 4. The van der Waals surface area contributed by atoms with Crippen molar-refractivity contribution in [1.29, 1.82) is 0 Å². The van der Waals surface area contributed by atoms with E-state index < -0.39 is 0 Å². The molecule has 1 aliphatic rings. The van der Waals surface area contributed by atoms with E-state index in [0.29, 0.717) is 22.7 Å². The SMILES string of the molecule is Clc1ccc(COc2ccccc2-c2cn(C3CCN(Cc4ccccc4)C3)nn2)c(Cl)c1. The van der Waals surface area contributed by atoms with Crippen LogP contribution in [0.1, 0.15) is 23.6 Å². The van der Waals surface area contributed by atoms with Crippen molar-refractivity contribution < 1.29 is 4.74 Å². The van der Waals surface area contributed by atoms with Crippen LogP contribution in [0.3, 0.4) is 0 Å². The minimum absolute atomic E-state index is 0.316. The van der Waals surface area contributed by atoms with Crippen molar-refractivity contribution in [2.24, 2.45) is 0 Å². The maximum atomic E-state index is 6.30. The Morgan fingerprint density at radius 2 is 1.79 bits per heavy atom. The molecule has 1 fully saturated rings. The number of halogens is 2. The van der Waals surface area contributed by atoms with E-state index in [-0.39, 0.29) is 0 Å². The minimum atomic E-state index is 0.316. The summed E-state index contributed by atoms with van der Waals surface area (Å²) in [5.74, 6) is 0.743. The topological polar surface area (TPSA) is 43.2 Å². The Balaban J connectivity index is 1.27. The molecule has 0 amide bonds. The molecule has 0 N–H and O–H groups in total. The maximum absolute atomic E-state index is 6.30. The van der Waals surface area contributed by atoms with Crippen molar-refractivity contribution >= 4 is 23.2 Å². The first-order valence-corrected chi connectivity index (χ1v) is 11.8. The molecule has 2 heterocycles. The van der Waals surface area contributed by atoms with Gasteiger partial charge in [0.1, 0.15) is 18.1 Å². The smallest absolute Gasteiger partial charge is 0.129 e. The van der Waals surface area contributed by atoms with Gasteiger partial charge in [-0.15, -0.1) is 5.10 Å². The van der Waals surface area contributed by atoms with Gasteiger partial charge in [-0.2, -0.15) is 0 Å². The Bertz CT molecular complexity index is 1230. The number of benzene rings is 3. The molecule has 1 aromatic heterocycles. The monoisotopic (exact) mass is 478 g/mol. The summed E-state index contributed by atoms with van der Waals surface area (Å²) >= 11 is 12.3. The van der Waals surface area contributed by atoms with Gasteiger partial charge in [-0.05, 0) is 36.2 Å². The first-order valence-electron chi connectivity index (χ1n) is 11.0. The first kappa shape index (κ1) is 22.0. The lowest BCUT2D eigenvalue weighted by molar-refractivity contribution is 0.307. The number of ether oxygens (including phenoxy) is 1. The summed E-state index contributed by atoms with van der Waals surface area (Å²) < 4.78 is 8.10. The molecule has 0 bridgehead atoms. The normalized spacial score (nSPS) is 16.2. The average Bonchev–Trinajstić information content (AvgIpc) is 3.49. The highest BCUT2D eigenvalue weighted by Crippen LogP contribution is 2.31. The zero-order valence-corrected chi connectivity index (χ0v) is 19.6. The van der Waals surface area contributed by atoms with Gasteiger partial charge < -0.3 is 4.74 Å². The van der Waals surface area contributed by atoms with E-state index in [4.69, 9.17) is 27.9 Å². The third-order valence-electron chi connectivity index (χ3n) is 5.94. The van der Waals surface area contributed by atoms with E-state index in [1.807, 2.05) is 47.3 Å². The summed E-state index contributed by atoms with van der Waals surface area (Å²) in [4.78, 5) is 2.47. The van der Waals surface area contributed by atoms with Crippen LogP contribution in [0.25, 0.3) is 11.3 Å². The quantitative estimate of drug-likeness (QED) is 0.313. The summed E-state index contributed by atoms with van der Waals surface area (Å²) in [5, 5.41) is 10.1. The zero-order chi connectivity index (χ0) is 22.6. The molecule has 168 valence electrons. The largest absolute Gasteiger partial charge is 0.488 e. The molecule has 1 unspecified atom stereocenters. The fourth-order valence-corrected chi connectivity index (χ4v) is 4.65. The molecule has 33 heavy (non-hydrogen) atoms. The first-order chi connectivity index (χ1) is 16.2. The lowest BCUT2D eigenvalue weighted by Crippen LogP contribution is -2.21. The predicted octanol–water partition coefficient (Wildman–Crippen LogP) is 6.28. The second kappa shape index (κ2) is 9.96. The lowest BCUT2D eigenvalue weighted by atomic mass is 10.1. The highest BCUT2D eigenvalue weighted by molar-refractivity contribution is 6.35. The van der Waals surface area contributed by atoms with Gasteiger partial charge in [0.15, 0.2) is 0 Å². The van der Waals surface area contributed by atoms with Crippen LogP contribution < -0.4 is 4.74 Å². The molecule has 4 aromatic rings. The molecule has 1 aliphatic heterocycles. The van der Waals surface area contributed by atoms with Gasteiger partial charge in [0, 0.05) is 40.8 Å². The van der Waals surface area contributed by atoms with Crippen LogP contribution in [0, 0.1) is 0 Å². The van der Waals surface area contributed by atoms with Crippen LogP contribution in [-0.4, -0.2) is 33.0 Å². The molecule has 0 saturated carbocycles. The Hall–Kier alpha value is -2.86. The molecule has 5 nitrogen and oxygen atoms in total. The van der Waals surface area contributed by atoms with Gasteiger partial charge in [0.05, 0.1) is 12.2 Å². The number of aromatic nitrogens is 3. The number of likely N-dealkylation sites (tertiary alicyclic amines) is 1. The van der Waals surface area contributed by atoms with Crippen LogP contribution in [0.15, 0.2) is 79.0 Å². The van der Waals surface area contributed by atoms with Gasteiger partial charge in [-0.25, -0.2) is 4.68 Å². The van der Waals surface area contributed by atoms with E-state index in [1.165, 1.54) is 5.56 Å². The van der Waals surface area contributed by atoms with Crippen molar-refractivity contribution in [3.05, 3.63) is 100 Å². The third kappa shape index (κ3) is 5.22. The molecule has 7 heteroatoms. The zero-order valence-electron chi connectivity index (χ0n) is 18.1. The van der Waals surface area contributed by atoms with Crippen molar-refractivity contribution in [3.63, 3.8) is 0 Å². The second-order valence-corrected chi connectivity index (χ2v) is 9.11. The Kier molecular flexibility index (Phi) is 6.63. The average molecular weight is 479 g/mol. The van der Waals surface area contributed by atoms with Gasteiger partial charge in [0.25, 0.3) is 0 Å². The standard InChI is InChI=1S/C26H24Cl2N4O/c27-21-11-10-20(24(28)14-21)18-33-26-9-5-4-8-23(26)25-17-32(30-29-25)22-12-13-31(16-22)15-19-6-2-1-3-7-19/h1-11,14,17,22H,12-13,15-16,18H2. The fraction of sp³-hybridized carbons (Fsp3) is 0.231. The van der Waals surface area contributed by atoms with Crippen LogP contribution in [0.2, 0.25) is 10.0 Å². The third-order valence-corrected chi connectivity index (χ3v) is 6.53. The van der Waals surface area contributed by atoms with E-state index >= 15 is 0 Å². The van der Waals surface area contributed by atoms with Gasteiger partial charge >= 0.3 is 0 Å². The fourth-order valence-electron chi connectivity index (χ4n) is 4.19. The van der Waals surface area contributed by atoms with Crippen molar-refractivity contribution in [2.45, 2.75) is 25.6 Å². The minimum Gasteiger partial charge on any atom is -0.488 e. The molecule has 0 spiro atoms. The summed E-state index contributed by atoms with van der Waals surface area (Å²) in [5.41, 5.74) is 3.93. The number of nitrogens with zero attached hydrogens (tertiary/aromatic N) is 4. The molecule has 3 aromatic carbocycles. The summed E-state index contributed by atoms with van der Waals surface area (Å²) in [6, 6.07) is 24.2. The molecular weight excluding hydrogens is 455 g/mol. The Labute approximate surface area is 203 Å². The van der Waals surface area contributed by atoms with Crippen LogP contribution in [0.5, 0.6) is 5.75 Å². The Morgan fingerprint density at radius 1 is 0.970 bits per heavy atom. The predicted molar refractivity (Wildman–Crippen MR) is 132 cm³/mol.